The molecular formula is C20H16F2N2O3S. The topological polar surface area (TPSA) is 68.3 Å². The minimum Gasteiger partial charge on any atom is -0.466 e. The van der Waals surface area contributed by atoms with Crippen LogP contribution in [-0.4, -0.2) is 23.5 Å². The van der Waals surface area contributed by atoms with E-state index in [-0.39, 0.29) is 29.5 Å². The van der Waals surface area contributed by atoms with Crippen LogP contribution in [0.4, 0.5) is 13.9 Å². The van der Waals surface area contributed by atoms with Crippen LogP contribution in [0.15, 0.2) is 47.8 Å². The molecule has 1 amide bonds. The minimum atomic E-state index is -0.706. The Morgan fingerprint density at radius 2 is 1.82 bits per heavy atom. The van der Waals surface area contributed by atoms with Crippen molar-refractivity contribution in [3.05, 3.63) is 70.7 Å². The van der Waals surface area contributed by atoms with Gasteiger partial charge in [-0.25, -0.2) is 13.8 Å². The summed E-state index contributed by atoms with van der Waals surface area (Å²) >= 11 is 1.13. The fourth-order valence-electron chi connectivity index (χ4n) is 2.49. The monoisotopic (exact) mass is 402 g/mol. The standard InChI is InChI=1S/C20H16F2N2O3S/c1-2-27-18(25)10-15-11-28-20(23-15)24-19(26)16-8-5-13(9-17(16)22)12-3-6-14(21)7-4-12/h3-9,11H,2,10H2,1H3,(H,23,24,26). The van der Waals surface area contributed by atoms with Crippen molar-refractivity contribution >= 4 is 28.3 Å². The molecule has 0 atom stereocenters. The maximum absolute atomic E-state index is 14.4. The Hall–Kier alpha value is -3.13. The van der Waals surface area contributed by atoms with Crippen molar-refractivity contribution in [3.8, 4) is 11.1 Å². The SMILES string of the molecule is CCOC(=O)Cc1csc(NC(=O)c2ccc(-c3ccc(F)cc3)cc2F)n1. The summed E-state index contributed by atoms with van der Waals surface area (Å²) in [6, 6.07) is 9.79. The maximum Gasteiger partial charge on any atom is 0.311 e. The van der Waals surface area contributed by atoms with Crippen molar-refractivity contribution < 1.29 is 23.1 Å². The summed E-state index contributed by atoms with van der Waals surface area (Å²) < 4.78 is 32.3. The lowest BCUT2D eigenvalue weighted by atomic mass is 10.0. The highest BCUT2D eigenvalue weighted by Crippen LogP contribution is 2.23. The van der Waals surface area contributed by atoms with Crippen molar-refractivity contribution in [2.24, 2.45) is 0 Å². The zero-order chi connectivity index (χ0) is 20.1. The highest BCUT2D eigenvalue weighted by Gasteiger charge is 2.15. The lowest BCUT2D eigenvalue weighted by Crippen LogP contribution is -2.14. The molecule has 1 heterocycles. The second-order valence-electron chi connectivity index (χ2n) is 5.78. The molecule has 0 saturated carbocycles. The number of anilines is 1. The van der Waals surface area contributed by atoms with Gasteiger partial charge < -0.3 is 4.74 Å². The van der Waals surface area contributed by atoms with Crippen molar-refractivity contribution in [1.29, 1.82) is 0 Å². The number of hydrogen-bond acceptors (Lipinski definition) is 5. The number of nitrogens with one attached hydrogen (secondary N) is 1. The first kappa shape index (κ1) is 19.6. The first-order chi connectivity index (χ1) is 13.5. The van der Waals surface area contributed by atoms with Crippen LogP contribution in [0, 0.1) is 11.6 Å². The van der Waals surface area contributed by atoms with Gasteiger partial charge >= 0.3 is 5.97 Å². The smallest absolute Gasteiger partial charge is 0.311 e. The second-order valence-corrected chi connectivity index (χ2v) is 6.64. The maximum atomic E-state index is 14.4. The molecule has 3 aromatic rings. The molecule has 2 aromatic carbocycles. The van der Waals surface area contributed by atoms with Gasteiger partial charge in [0.2, 0.25) is 0 Å². The second kappa shape index (κ2) is 8.71. The van der Waals surface area contributed by atoms with Gasteiger partial charge in [-0.2, -0.15) is 0 Å². The van der Waals surface area contributed by atoms with E-state index in [1.807, 2.05) is 0 Å². The molecule has 144 valence electrons. The molecule has 1 aromatic heterocycles. The van der Waals surface area contributed by atoms with E-state index in [9.17, 15) is 18.4 Å². The Morgan fingerprint density at radius 1 is 1.11 bits per heavy atom. The number of thiazole rings is 1. The number of carbonyl (C=O) groups excluding carboxylic acids is 2. The van der Waals surface area contributed by atoms with Gasteiger partial charge in [-0.1, -0.05) is 18.2 Å². The third kappa shape index (κ3) is 4.77. The van der Waals surface area contributed by atoms with Crippen LogP contribution in [0.2, 0.25) is 0 Å². The summed E-state index contributed by atoms with van der Waals surface area (Å²) in [5.41, 5.74) is 1.48. The quantitative estimate of drug-likeness (QED) is 0.619. The van der Waals surface area contributed by atoms with Crippen LogP contribution in [0.3, 0.4) is 0 Å². The van der Waals surface area contributed by atoms with Crippen molar-refractivity contribution in [2.75, 3.05) is 11.9 Å². The Labute approximate surface area is 164 Å². The van der Waals surface area contributed by atoms with Gasteiger partial charge in [0.25, 0.3) is 5.91 Å². The molecule has 0 saturated heterocycles. The molecular weight excluding hydrogens is 386 g/mol. The molecule has 0 aliphatic rings. The molecule has 0 bridgehead atoms. The Morgan fingerprint density at radius 3 is 2.50 bits per heavy atom. The van der Waals surface area contributed by atoms with E-state index in [1.165, 1.54) is 36.4 Å². The molecule has 3 rings (SSSR count). The largest absolute Gasteiger partial charge is 0.466 e. The van der Waals surface area contributed by atoms with Gasteiger partial charge in [-0.3, -0.25) is 14.9 Å². The van der Waals surface area contributed by atoms with Gasteiger partial charge in [-0.15, -0.1) is 11.3 Å². The van der Waals surface area contributed by atoms with Crippen molar-refractivity contribution in [1.82, 2.24) is 4.98 Å². The third-order valence-electron chi connectivity index (χ3n) is 3.79. The molecule has 28 heavy (non-hydrogen) atoms. The van der Waals surface area contributed by atoms with E-state index in [2.05, 4.69) is 10.3 Å². The van der Waals surface area contributed by atoms with Gasteiger partial charge in [0, 0.05) is 5.38 Å². The molecule has 0 spiro atoms. The van der Waals surface area contributed by atoms with E-state index in [0.29, 0.717) is 16.8 Å². The summed E-state index contributed by atoms with van der Waals surface area (Å²) in [4.78, 5) is 27.9. The lowest BCUT2D eigenvalue weighted by molar-refractivity contribution is -0.142. The first-order valence-corrected chi connectivity index (χ1v) is 9.31. The number of carbonyl (C=O) groups is 2. The number of aromatic nitrogens is 1. The zero-order valence-electron chi connectivity index (χ0n) is 14.9. The van der Waals surface area contributed by atoms with Gasteiger partial charge in [0.1, 0.15) is 11.6 Å². The number of hydrogen-bond donors (Lipinski definition) is 1. The van der Waals surface area contributed by atoms with Gasteiger partial charge in [0.15, 0.2) is 5.13 Å². The van der Waals surface area contributed by atoms with Crippen molar-refractivity contribution in [2.45, 2.75) is 13.3 Å². The molecule has 0 aliphatic carbocycles. The number of halogens is 2. The predicted octanol–water partition coefficient (Wildman–Crippen LogP) is 4.45. The number of esters is 1. The van der Waals surface area contributed by atoms with Crippen LogP contribution in [0.25, 0.3) is 11.1 Å². The lowest BCUT2D eigenvalue weighted by Gasteiger charge is -2.06. The summed E-state index contributed by atoms with van der Waals surface area (Å²) in [7, 11) is 0. The third-order valence-corrected chi connectivity index (χ3v) is 4.60. The Bertz CT molecular complexity index is 1000. The van der Waals surface area contributed by atoms with Crippen LogP contribution in [0.5, 0.6) is 0 Å². The summed E-state index contributed by atoms with van der Waals surface area (Å²) in [5.74, 6) is -2.15. The Balaban J connectivity index is 1.70. The number of amides is 1. The van der Waals surface area contributed by atoms with Crippen LogP contribution < -0.4 is 5.32 Å². The summed E-state index contributed by atoms with van der Waals surface area (Å²) in [6.07, 6.45) is 0.000931. The van der Waals surface area contributed by atoms with E-state index in [1.54, 1.807) is 18.4 Å². The molecule has 0 fully saturated rings. The first-order valence-electron chi connectivity index (χ1n) is 8.43. The summed E-state index contributed by atoms with van der Waals surface area (Å²) in [6.45, 7) is 1.99. The van der Waals surface area contributed by atoms with E-state index < -0.39 is 17.7 Å². The predicted molar refractivity (Wildman–Crippen MR) is 102 cm³/mol. The molecule has 1 N–H and O–H groups in total. The molecule has 0 unspecified atom stereocenters. The van der Waals surface area contributed by atoms with E-state index in [4.69, 9.17) is 4.74 Å². The highest BCUT2D eigenvalue weighted by atomic mass is 32.1. The van der Waals surface area contributed by atoms with Gasteiger partial charge in [-0.05, 0) is 42.3 Å². The average Bonchev–Trinajstić information content (AvgIpc) is 3.09. The molecule has 8 heteroatoms. The van der Waals surface area contributed by atoms with Crippen LogP contribution >= 0.6 is 11.3 Å². The molecule has 0 aliphatic heterocycles. The van der Waals surface area contributed by atoms with E-state index >= 15 is 0 Å². The average molecular weight is 402 g/mol. The Kier molecular flexibility index (Phi) is 6.10. The normalized spacial score (nSPS) is 10.5. The number of nitrogens with zero attached hydrogens (tertiary/aromatic N) is 1. The molecule has 0 radical (unpaired) electrons. The minimum absolute atomic E-state index is 0.000931. The van der Waals surface area contributed by atoms with Crippen LogP contribution in [0.1, 0.15) is 23.0 Å². The fourth-order valence-corrected chi connectivity index (χ4v) is 3.20. The number of rotatable bonds is 6. The van der Waals surface area contributed by atoms with Gasteiger partial charge in [0.05, 0.1) is 24.3 Å². The summed E-state index contributed by atoms with van der Waals surface area (Å²) in [5, 5.41) is 4.40. The van der Waals surface area contributed by atoms with E-state index in [0.717, 1.165) is 11.3 Å². The number of ether oxygens (including phenoxy) is 1. The molecule has 5 nitrogen and oxygen atoms in total. The highest BCUT2D eigenvalue weighted by molar-refractivity contribution is 7.14. The zero-order valence-corrected chi connectivity index (χ0v) is 15.7. The van der Waals surface area contributed by atoms with Crippen LogP contribution in [-0.2, 0) is 16.0 Å². The number of benzene rings is 2. The van der Waals surface area contributed by atoms with Crippen molar-refractivity contribution in [3.63, 3.8) is 0 Å². The fraction of sp³-hybridized carbons (Fsp3) is 0.150.